The molecule has 0 saturated carbocycles. The van der Waals surface area contributed by atoms with Crippen molar-refractivity contribution in [3.63, 3.8) is 0 Å². The molecular formula is C142H94N4. The van der Waals surface area contributed by atoms with Gasteiger partial charge in [-0.15, -0.1) is 0 Å². The zero-order valence-corrected chi connectivity index (χ0v) is 80.1. The van der Waals surface area contributed by atoms with E-state index in [-0.39, 0.29) is 0 Å². The van der Waals surface area contributed by atoms with E-state index in [1.807, 2.05) is 0 Å². The molecule has 4 nitrogen and oxygen atoms in total. The molecule has 4 heteroatoms. The lowest BCUT2D eigenvalue weighted by molar-refractivity contribution is 0.768. The van der Waals surface area contributed by atoms with E-state index in [2.05, 4.69) is 589 Å². The molecule has 0 aliphatic heterocycles. The van der Waals surface area contributed by atoms with Gasteiger partial charge in [0.15, 0.2) is 0 Å². The Morgan fingerprint density at radius 1 is 0.137 bits per heavy atom. The van der Waals surface area contributed by atoms with Gasteiger partial charge in [-0.3, -0.25) is 0 Å². The van der Waals surface area contributed by atoms with Crippen LogP contribution in [-0.4, -0.2) is 9.13 Å². The molecule has 0 atom stereocenters. The third-order valence-electron chi connectivity index (χ3n) is 31.0. The minimum atomic E-state index is -0.609. The maximum absolute atomic E-state index is 2.49. The van der Waals surface area contributed by atoms with Crippen LogP contribution in [0.4, 0.5) is 34.1 Å². The van der Waals surface area contributed by atoms with Gasteiger partial charge >= 0.3 is 0 Å². The maximum Gasteiger partial charge on any atom is 0.0714 e. The standard InChI is InChI=1S/C142H94N4/c1-7-41-109(42-8-1)141(110-43-9-2-10-44-110)133-62-24-21-55-125(133)127-80-78-119(93-135(127)141)143(115-74-67-96(68-75-115)105-66-65-95-33-19-20-34-98(95)85-105)117-53-29-39-103(88-117)100-36-28-38-102(87-100)107-72-83-139-131(91-107)132-92-108(73-84-140(132)146(139)114-51-17-6-18-52-114)122-59-32-60-123-121(58-31-61-124(122)123)97-69-76-116(77-70-97)144(120-79-81-128-126-56-22-25-63-134(126)142(136(128)94-120,111-45-11-3-12-46-111)112-47-13-4-14-48-112)118-54-30-40-104(89-118)99-35-27-37-101(86-99)106-71-82-138-130(90-106)129-57-23-26-64-137(129)145(138)113-49-15-5-16-50-113/h1-94H. The highest BCUT2D eigenvalue weighted by Crippen LogP contribution is 2.61. The number of aromatic nitrogens is 2. The number of para-hydroxylation sites is 3. The number of benzene rings is 24. The van der Waals surface area contributed by atoms with Gasteiger partial charge in [-0.25, -0.2) is 0 Å². The Morgan fingerprint density at radius 2 is 0.432 bits per heavy atom. The Morgan fingerprint density at radius 3 is 0.897 bits per heavy atom. The van der Waals surface area contributed by atoms with Gasteiger partial charge < -0.3 is 18.9 Å². The fraction of sp³-hybridized carbons (Fsp3) is 0.0141. The molecule has 0 amide bonds. The van der Waals surface area contributed by atoms with Crippen LogP contribution in [0.2, 0.25) is 0 Å². The topological polar surface area (TPSA) is 16.3 Å². The average molecular weight is 1860 g/mol. The minimum Gasteiger partial charge on any atom is -0.310 e. The molecule has 682 valence electrons. The van der Waals surface area contributed by atoms with Crippen molar-refractivity contribution in [2.45, 2.75) is 10.8 Å². The van der Waals surface area contributed by atoms with Crippen LogP contribution in [0, 0.1) is 0 Å². The number of nitrogens with zero attached hydrogens (tertiary/aromatic N) is 4. The molecule has 0 radical (unpaired) electrons. The van der Waals surface area contributed by atoms with Crippen molar-refractivity contribution in [2.24, 2.45) is 0 Å². The van der Waals surface area contributed by atoms with Crippen LogP contribution in [0.3, 0.4) is 0 Å². The smallest absolute Gasteiger partial charge is 0.0714 e. The predicted octanol–water partition coefficient (Wildman–Crippen LogP) is 37.5. The van der Waals surface area contributed by atoms with Gasteiger partial charge in [0.1, 0.15) is 0 Å². The van der Waals surface area contributed by atoms with Crippen molar-refractivity contribution in [3.05, 3.63) is 615 Å². The first-order valence-electron chi connectivity index (χ1n) is 50.6. The van der Waals surface area contributed by atoms with E-state index in [1.54, 1.807) is 0 Å². The van der Waals surface area contributed by atoms with Crippen LogP contribution in [0.5, 0.6) is 0 Å². The highest BCUT2D eigenvalue weighted by Gasteiger charge is 2.48. The second kappa shape index (κ2) is 35.1. The summed E-state index contributed by atoms with van der Waals surface area (Å²) in [5.74, 6) is 0. The summed E-state index contributed by atoms with van der Waals surface area (Å²) in [6, 6.07) is 213. The monoisotopic (exact) mass is 1850 g/mol. The molecule has 24 aromatic carbocycles. The van der Waals surface area contributed by atoms with Gasteiger partial charge in [0.25, 0.3) is 0 Å². The quantitative estimate of drug-likeness (QED) is 0.0802. The summed E-state index contributed by atoms with van der Waals surface area (Å²) < 4.78 is 4.83. The molecule has 146 heavy (non-hydrogen) atoms. The van der Waals surface area contributed by atoms with E-state index >= 15 is 0 Å². The molecule has 0 fully saturated rings. The Labute approximate surface area is 849 Å². The number of hydrogen-bond donors (Lipinski definition) is 0. The number of hydrogen-bond acceptors (Lipinski definition) is 2. The number of rotatable bonds is 19. The Balaban J connectivity index is 0.535. The average Bonchev–Trinajstić information content (AvgIpc) is 1.53. The van der Waals surface area contributed by atoms with E-state index in [0.717, 1.165) is 118 Å². The molecule has 26 aromatic rings. The largest absolute Gasteiger partial charge is 0.310 e. The van der Waals surface area contributed by atoms with Crippen molar-refractivity contribution in [1.29, 1.82) is 0 Å². The lowest BCUT2D eigenvalue weighted by atomic mass is 9.67. The molecule has 2 aromatic heterocycles. The lowest BCUT2D eigenvalue weighted by Crippen LogP contribution is -2.28. The fourth-order valence-corrected chi connectivity index (χ4v) is 24.5. The first kappa shape index (κ1) is 85.0. The highest BCUT2D eigenvalue weighted by molar-refractivity contribution is 6.15. The summed E-state index contributed by atoms with van der Waals surface area (Å²) in [7, 11) is 0. The molecule has 0 spiro atoms. The SMILES string of the molecule is c1ccc(-n2c3ccccc3c3cc(-c4cccc(-c5cccc(N(c6ccc(-c7cccc8c(-c9ccc%10c(c9)c9cc(-c%11cccc(-c%12cccc(N(c%13ccc(-c%14ccc%15ccccc%15c%14)cc%13)c%13ccc%14c(c%13)C(c%13ccccc%13)(c%13ccccc%13)c%13ccccc%13-%14)c%12)c%11)ccc9n%10-c9ccccc9)cccc78)cc6)c6ccc7c(c6)C(c6ccccc6)(c6ccccc6)c6ccccc6-7)c5)c4)ccc32)cc1. The number of anilines is 6. The third kappa shape index (κ3) is 14.0. The third-order valence-corrected chi connectivity index (χ3v) is 31.0. The molecule has 2 aliphatic rings. The molecule has 28 rings (SSSR count). The number of fused-ring (bicyclic) bond motifs is 14. The second-order valence-electron chi connectivity index (χ2n) is 38.9. The minimum absolute atomic E-state index is 0.585. The van der Waals surface area contributed by atoms with Gasteiger partial charge in [-0.05, 0) is 324 Å². The molecule has 0 saturated heterocycles. The van der Waals surface area contributed by atoms with Crippen molar-refractivity contribution in [3.8, 4) is 112 Å². The summed E-state index contributed by atoms with van der Waals surface area (Å²) in [6.45, 7) is 0. The first-order chi connectivity index (χ1) is 72.4. The van der Waals surface area contributed by atoms with Crippen LogP contribution in [0.25, 0.3) is 177 Å². The summed E-state index contributed by atoms with van der Waals surface area (Å²) in [5.41, 5.74) is 43.1. The van der Waals surface area contributed by atoms with Crippen molar-refractivity contribution in [1.82, 2.24) is 9.13 Å². The van der Waals surface area contributed by atoms with Gasteiger partial charge in [0, 0.05) is 67.0 Å². The Hall–Kier alpha value is -19.0. The summed E-state index contributed by atoms with van der Waals surface area (Å²) in [6.07, 6.45) is 0. The van der Waals surface area contributed by atoms with Gasteiger partial charge in [0.05, 0.1) is 32.9 Å². The molecule has 2 aliphatic carbocycles. The van der Waals surface area contributed by atoms with Crippen LogP contribution in [0.15, 0.2) is 570 Å². The molecular weight excluding hydrogens is 1760 g/mol. The van der Waals surface area contributed by atoms with E-state index < -0.39 is 10.8 Å². The Bertz CT molecular complexity index is 9520. The van der Waals surface area contributed by atoms with E-state index in [9.17, 15) is 0 Å². The van der Waals surface area contributed by atoms with Crippen LogP contribution < -0.4 is 9.80 Å². The fourth-order valence-electron chi connectivity index (χ4n) is 24.5. The van der Waals surface area contributed by atoms with Crippen molar-refractivity contribution >= 4 is 99.3 Å². The first-order valence-corrected chi connectivity index (χ1v) is 50.6. The van der Waals surface area contributed by atoms with E-state index in [0.29, 0.717) is 0 Å². The zero-order chi connectivity index (χ0) is 96.3. The van der Waals surface area contributed by atoms with Gasteiger partial charge in [0.2, 0.25) is 0 Å². The molecule has 0 bridgehead atoms. The maximum atomic E-state index is 2.49. The highest BCUT2D eigenvalue weighted by atomic mass is 15.1. The van der Waals surface area contributed by atoms with E-state index in [1.165, 1.54) is 138 Å². The van der Waals surface area contributed by atoms with Crippen molar-refractivity contribution in [2.75, 3.05) is 9.80 Å². The molecule has 0 unspecified atom stereocenters. The van der Waals surface area contributed by atoms with Gasteiger partial charge in [-0.1, -0.05) is 413 Å². The predicted molar refractivity (Wildman–Crippen MR) is 612 cm³/mol. The summed E-state index contributed by atoms with van der Waals surface area (Å²) >= 11 is 0. The lowest BCUT2D eigenvalue weighted by Gasteiger charge is -2.35. The van der Waals surface area contributed by atoms with Crippen LogP contribution in [0.1, 0.15) is 44.5 Å². The zero-order valence-electron chi connectivity index (χ0n) is 80.1. The van der Waals surface area contributed by atoms with Crippen LogP contribution in [-0.2, 0) is 10.8 Å². The summed E-state index contributed by atoms with van der Waals surface area (Å²) in [4.78, 5) is 4.93. The van der Waals surface area contributed by atoms with Gasteiger partial charge in [-0.2, -0.15) is 0 Å². The molecule has 2 heterocycles. The molecule has 0 N–H and O–H groups in total. The normalized spacial score (nSPS) is 12.6. The second-order valence-corrected chi connectivity index (χ2v) is 38.9. The van der Waals surface area contributed by atoms with E-state index in [4.69, 9.17) is 0 Å². The summed E-state index contributed by atoms with van der Waals surface area (Å²) in [5, 5.41) is 9.64. The van der Waals surface area contributed by atoms with Crippen LogP contribution >= 0.6 is 0 Å². The Kier molecular flexibility index (Phi) is 20.4. The van der Waals surface area contributed by atoms with Crippen molar-refractivity contribution < 1.29 is 0 Å².